The van der Waals surface area contributed by atoms with Crippen molar-refractivity contribution in [1.29, 1.82) is 0 Å². The number of anilines is 1. The topological polar surface area (TPSA) is 68.2 Å². The number of urea groups is 1. The van der Waals surface area contributed by atoms with Crippen molar-refractivity contribution in [2.45, 2.75) is 13.1 Å². The van der Waals surface area contributed by atoms with Gasteiger partial charge in [-0.15, -0.1) is 0 Å². The van der Waals surface area contributed by atoms with Gasteiger partial charge in [0.1, 0.15) is 5.75 Å². The van der Waals surface area contributed by atoms with E-state index in [0.717, 1.165) is 17.7 Å². The molecule has 0 saturated carbocycles. The SMILES string of the molecule is O=C(NCc1ccc(Cn2cccn2)cc1)Nc1ccccc1Oc1ccccc1. The first-order valence-corrected chi connectivity index (χ1v) is 9.68. The zero-order chi connectivity index (χ0) is 20.6. The Morgan fingerprint density at radius 3 is 2.37 bits per heavy atom. The maximum Gasteiger partial charge on any atom is 0.319 e. The number of para-hydroxylation sites is 3. The molecule has 0 aliphatic rings. The molecule has 30 heavy (non-hydrogen) atoms. The van der Waals surface area contributed by atoms with Crippen molar-refractivity contribution in [3.63, 3.8) is 0 Å². The van der Waals surface area contributed by atoms with E-state index in [1.54, 1.807) is 6.20 Å². The summed E-state index contributed by atoms with van der Waals surface area (Å²) in [5, 5.41) is 9.94. The number of carbonyl (C=O) groups excluding carboxylic acids is 1. The zero-order valence-electron chi connectivity index (χ0n) is 16.4. The first-order chi connectivity index (χ1) is 14.8. The van der Waals surface area contributed by atoms with Gasteiger partial charge in [-0.1, -0.05) is 54.6 Å². The van der Waals surface area contributed by atoms with Crippen LogP contribution < -0.4 is 15.4 Å². The predicted octanol–water partition coefficient (Wildman–Crippen LogP) is 5.05. The highest BCUT2D eigenvalue weighted by Gasteiger charge is 2.08. The van der Waals surface area contributed by atoms with Crippen molar-refractivity contribution in [1.82, 2.24) is 15.1 Å². The predicted molar refractivity (Wildman–Crippen MR) is 117 cm³/mol. The molecule has 1 heterocycles. The van der Waals surface area contributed by atoms with Crippen molar-refractivity contribution < 1.29 is 9.53 Å². The summed E-state index contributed by atoms with van der Waals surface area (Å²) in [5.74, 6) is 1.30. The summed E-state index contributed by atoms with van der Waals surface area (Å²) in [5.41, 5.74) is 2.77. The van der Waals surface area contributed by atoms with Crippen LogP contribution in [0.1, 0.15) is 11.1 Å². The van der Waals surface area contributed by atoms with Gasteiger partial charge in [0.15, 0.2) is 5.75 Å². The molecule has 0 aliphatic carbocycles. The number of nitrogens with zero attached hydrogens (tertiary/aromatic N) is 2. The maximum absolute atomic E-state index is 12.4. The van der Waals surface area contributed by atoms with Gasteiger partial charge in [-0.2, -0.15) is 5.10 Å². The summed E-state index contributed by atoms with van der Waals surface area (Å²) in [6.07, 6.45) is 3.69. The molecule has 4 rings (SSSR count). The van der Waals surface area contributed by atoms with E-state index in [4.69, 9.17) is 4.74 Å². The normalized spacial score (nSPS) is 10.4. The second-order valence-electron chi connectivity index (χ2n) is 6.74. The highest BCUT2D eigenvalue weighted by molar-refractivity contribution is 5.90. The standard InChI is InChI=1S/C24H22N4O2/c29-24(25-17-19-11-13-20(14-12-19)18-28-16-6-15-26-28)27-22-9-4-5-10-23(22)30-21-7-2-1-3-8-21/h1-16H,17-18H2,(H2,25,27,29). The molecule has 0 spiro atoms. The van der Waals surface area contributed by atoms with Gasteiger partial charge in [-0.3, -0.25) is 4.68 Å². The van der Waals surface area contributed by atoms with E-state index < -0.39 is 0 Å². The van der Waals surface area contributed by atoms with Crippen molar-refractivity contribution in [2.75, 3.05) is 5.32 Å². The largest absolute Gasteiger partial charge is 0.455 e. The Morgan fingerprint density at radius 2 is 1.60 bits per heavy atom. The van der Waals surface area contributed by atoms with E-state index in [1.807, 2.05) is 95.8 Å². The van der Waals surface area contributed by atoms with Gasteiger partial charge in [0.25, 0.3) is 0 Å². The molecule has 4 aromatic rings. The number of rotatable bonds is 7. The van der Waals surface area contributed by atoms with E-state index in [1.165, 1.54) is 0 Å². The second-order valence-corrected chi connectivity index (χ2v) is 6.74. The molecule has 0 fully saturated rings. The van der Waals surface area contributed by atoms with Crippen LogP contribution in [-0.2, 0) is 13.1 Å². The Bertz CT molecular complexity index is 1080. The van der Waals surface area contributed by atoms with Gasteiger partial charge in [0.2, 0.25) is 0 Å². The number of nitrogens with one attached hydrogen (secondary N) is 2. The van der Waals surface area contributed by atoms with Crippen LogP contribution in [0.25, 0.3) is 0 Å². The van der Waals surface area contributed by atoms with Crippen LogP contribution in [0.2, 0.25) is 0 Å². The van der Waals surface area contributed by atoms with Crippen LogP contribution in [0.4, 0.5) is 10.5 Å². The van der Waals surface area contributed by atoms with Crippen molar-refractivity contribution >= 4 is 11.7 Å². The third-order valence-electron chi connectivity index (χ3n) is 4.49. The quantitative estimate of drug-likeness (QED) is 0.458. The van der Waals surface area contributed by atoms with Gasteiger partial charge >= 0.3 is 6.03 Å². The molecular weight excluding hydrogens is 376 g/mol. The van der Waals surface area contributed by atoms with Crippen LogP contribution in [0.15, 0.2) is 97.3 Å². The smallest absolute Gasteiger partial charge is 0.319 e. The van der Waals surface area contributed by atoms with Crippen LogP contribution in [0, 0.1) is 0 Å². The summed E-state index contributed by atoms with van der Waals surface area (Å²) in [7, 11) is 0. The van der Waals surface area contributed by atoms with E-state index in [0.29, 0.717) is 23.7 Å². The summed E-state index contributed by atoms with van der Waals surface area (Å²) in [4.78, 5) is 12.4. The van der Waals surface area contributed by atoms with Crippen LogP contribution >= 0.6 is 0 Å². The van der Waals surface area contributed by atoms with E-state index in [9.17, 15) is 4.79 Å². The third-order valence-corrected chi connectivity index (χ3v) is 4.49. The lowest BCUT2D eigenvalue weighted by atomic mass is 10.1. The number of hydrogen-bond acceptors (Lipinski definition) is 3. The van der Waals surface area contributed by atoms with Crippen molar-refractivity contribution in [2.24, 2.45) is 0 Å². The molecule has 6 nitrogen and oxygen atoms in total. The lowest BCUT2D eigenvalue weighted by Crippen LogP contribution is -2.28. The minimum absolute atomic E-state index is 0.292. The van der Waals surface area contributed by atoms with Gasteiger partial charge in [0, 0.05) is 18.9 Å². The monoisotopic (exact) mass is 398 g/mol. The number of hydrogen-bond donors (Lipinski definition) is 2. The minimum atomic E-state index is -0.292. The maximum atomic E-state index is 12.4. The molecule has 0 bridgehead atoms. The number of ether oxygens (including phenoxy) is 1. The van der Waals surface area contributed by atoms with E-state index in [2.05, 4.69) is 15.7 Å². The molecular formula is C24H22N4O2. The third kappa shape index (κ3) is 5.26. The molecule has 0 aliphatic heterocycles. The molecule has 6 heteroatoms. The molecule has 2 N–H and O–H groups in total. The summed E-state index contributed by atoms with van der Waals surface area (Å²) in [6.45, 7) is 1.15. The van der Waals surface area contributed by atoms with Gasteiger partial charge in [-0.05, 0) is 41.5 Å². The Balaban J connectivity index is 1.32. The molecule has 2 amide bonds. The lowest BCUT2D eigenvalue weighted by molar-refractivity contribution is 0.251. The number of aromatic nitrogens is 2. The zero-order valence-corrected chi connectivity index (χ0v) is 16.4. The summed E-state index contributed by atoms with van der Waals surface area (Å²) in [6, 6.07) is 26.5. The Morgan fingerprint density at radius 1 is 0.867 bits per heavy atom. The van der Waals surface area contributed by atoms with E-state index in [-0.39, 0.29) is 6.03 Å². The van der Waals surface area contributed by atoms with E-state index >= 15 is 0 Å². The second kappa shape index (κ2) is 9.43. The highest BCUT2D eigenvalue weighted by atomic mass is 16.5. The number of benzene rings is 3. The summed E-state index contributed by atoms with van der Waals surface area (Å²) < 4.78 is 7.75. The number of amides is 2. The fraction of sp³-hybridized carbons (Fsp3) is 0.0833. The van der Waals surface area contributed by atoms with Crippen molar-refractivity contribution in [3.8, 4) is 11.5 Å². The molecule has 0 radical (unpaired) electrons. The fourth-order valence-corrected chi connectivity index (χ4v) is 2.97. The molecule has 0 unspecified atom stereocenters. The fourth-order valence-electron chi connectivity index (χ4n) is 2.97. The average Bonchev–Trinajstić information content (AvgIpc) is 3.28. The molecule has 150 valence electrons. The first-order valence-electron chi connectivity index (χ1n) is 9.68. The minimum Gasteiger partial charge on any atom is -0.455 e. The Hall–Kier alpha value is -4.06. The number of carbonyl (C=O) groups is 1. The molecule has 0 atom stereocenters. The van der Waals surface area contributed by atoms with Crippen molar-refractivity contribution in [3.05, 3.63) is 108 Å². The Kier molecular flexibility index (Phi) is 6.05. The van der Waals surface area contributed by atoms with Gasteiger partial charge in [-0.25, -0.2) is 4.79 Å². The van der Waals surface area contributed by atoms with Crippen LogP contribution in [-0.4, -0.2) is 15.8 Å². The van der Waals surface area contributed by atoms with Crippen LogP contribution in [0.3, 0.4) is 0 Å². The molecule has 1 aromatic heterocycles. The Labute approximate surface area is 175 Å². The lowest BCUT2D eigenvalue weighted by Gasteiger charge is -2.13. The first kappa shape index (κ1) is 19.3. The van der Waals surface area contributed by atoms with Crippen LogP contribution in [0.5, 0.6) is 11.5 Å². The molecule has 3 aromatic carbocycles. The molecule has 0 saturated heterocycles. The van der Waals surface area contributed by atoms with Gasteiger partial charge < -0.3 is 15.4 Å². The highest BCUT2D eigenvalue weighted by Crippen LogP contribution is 2.28. The average molecular weight is 398 g/mol. The summed E-state index contributed by atoms with van der Waals surface area (Å²) >= 11 is 0. The van der Waals surface area contributed by atoms with Gasteiger partial charge in [0.05, 0.1) is 12.2 Å².